The molecule has 0 unspecified atom stereocenters. The summed E-state index contributed by atoms with van der Waals surface area (Å²) in [6, 6.07) is 13.1. The van der Waals surface area contributed by atoms with Gasteiger partial charge in [0.05, 0.1) is 11.9 Å². The number of aryl methyl sites for hydroxylation is 1. The van der Waals surface area contributed by atoms with Crippen molar-refractivity contribution >= 4 is 39.1 Å². The van der Waals surface area contributed by atoms with Crippen molar-refractivity contribution in [2.75, 3.05) is 17.1 Å². The lowest BCUT2D eigenvalue weighted by Gasteiger charge is -2.32. The first-order valence-corrected chi connectivity index (χ1v) is 13.0. The van der Waals surface area contributed by atoms with Crippen LogP contribution < -0.4 is 9.62 Å². The Kier molecular flexibility index (Phi) is 9.31. The molecule has 0 aliphatic heterocycles. The number of hydrogen-bond acceptors (Lipinski definition) is 4. The zero-order chi connectivity index (χ0) is 24.8. The third-order valence-corrected chi connectivity index (χ3v) is 6.88. The predicted octanol–water partition coefficient (Wildman–Crippen LogP) is 3.75. The number of carbonyl (C=O) groups is 2. The molecule has 2 amide bonds. The molecule has 7 nitrogen and oxygen atoms in total. The van der Waals surface area contributed by atoms with Gasteiger partial charge in [-0.05, 0) is 56.5 Å². The lowest BCUT2D eigenvalue weighted by molar-refractivity contribution is -0.139. The molecule has 0 radical (unpaired) electrons. The van der Waals surface area contributed by atoms with Gasteiger partial charge in [-0.3, -0.25) is 13.9 Å². The fourth-order valence-corrected chi connectivity index (χ4v) is 4.31. The zero-order valence-corrected chi connectivity index (χ0v) is 21.3. The Morgan fingerprint density at radius 2 is 1.67 bits per heavy atom. The second kappa shape index (κ2) is 11.5. The summed E-state index contributed by atoms with van der Waals surface area (Å²) < 4.78 is 26.3. The maximum Gasteiger partial charge on any atom is 0.244 e. The molecule has 0 fully saturated rings. The van der Waals surface area contributed by atoms with E-state index in [1.165, 1.54) is 4.90 Å². The number of anilines is 1. The highest BCUT2D eigenvalue weighted by Gasteiger charge is 2.30. The van der Waals surface area contributed by atoms with Crippen molar-refractivity contribution in [1.29, 1.82) is 0 Å². The van der Waals surface area contributed by atoms with Crippen LogP contribution in [0.4, 0.5) is 5.69 Å². The van der Waals surface area contributed by atoms with Crippen LogP contribution in [0.15, 0.2) is 48.5 Å². The maximum absolute atomic E-state index is 13.5. The summed E-state index contributed by atoms with van der Waals surface area (Å²) >= 11 is 5.98. The quantitative estimate of drug-likeness (QED) is 0.546. The third-order valence-electron chi connectivity index (χ3n) is 5.50. The highest BCUT2D eigenvalue weighted by molar-refractivity contribution is 7.92. The number of para-hydroxylation sites is 1. The largest absolute Gasteiger partial charge is 0.352 e. The van der Waals surface area contributed by atoms with E-state index in [1.54, 1.807) is 62.4 Å². The van der Waals surface area contributed by atoms with Crippen molar-refractivity contribution in [1.82, 2.24) is 10.2 Å². The number of sulfonamides is 1. The van der Waals surface area contributed by atoms with Crippen LogP contribution in [-0.2, 0) is 26.2 Å². The number of halogens is 1. The molecule has 1 N–H and O–H groups in total. The van der Waals surface area contributed by atoms with Crippen LogP contribution in [0.1, 0.15) is 38.3 Å². The molecular formula is C24H32ClN3O4S. The molecule has 0 saturated heterocycles. The van der Waals surface area contributed by atoms with Crippen molar-refractivity contribution in [3.63, 3.8) is 0 Å². The van der Waals surface area contributed by atoms with Gasteiger partial charge in [0.25, 0.3) is 0 Å². The summed E-state index contributed by atoms with van der Waals surface area (Å²) in [5.41, 5.74) is 1.93. The van der Waals surface area contributed by atoms with E-state index in [9.17, 15) is 18.0 Å². The Hall–Kier alpha value is -2.58. The SMILES string of the molecule is CC[C@H](C)NC(=O)[C@H](C)N(Cc1ccc(Cl)cc1)C(=O)CN(c1ccccc1C)S(C)(=O)=O. The highest BCUT2D eigenvalue weighted by Crippen LogP contribution is 2.23. The summed E-state index contributed by atoms with van der Waals surface area (Å²) in [7, 11) is -3.75. The molecule has 2 rings (SSSR count). The number of nitrogens with zero attached hydrogens (tertiary/aromatic N) is 2. The average molecular weight is 494 g/mol. The molecular weight excluding hydrogens is 462 g/mol. The fourth-order valence-electron chi connectivity index (χ4n) is 3.27. The molecule has 0 heterocycles. The summed E-state index contributed by atoms with van der Waals surface area (Å²) in [5, 5.41) is 3.46. The number of rotatable bonds is 10. The number of benzene rings is 2. The van der Waals surface area contributed by atoms with Crippen LogP contribution in [-0.4, -0.2) is 50.0 Å². The van der Waals surface area contributed by atoms with E-state index in [2.05, 4.69) is 5.32 Å². The van der Waals surface area contributed by atoms with Gasteiger partial charge in [-0.25, -0.2) is 8.42 Å². The van der Waals surface area contributed by atoms with Crippen LogP contribution in [0.5, 0.6) is 0 Å². The van der Waals surface area contributed by atoms with Crippen molar-refractivity contribution in [3.8, 4) is 0 Å². The topological polar surface area (TPSA) is 86.8 Å². The second-order valence-corrected chi connectivity index (χ2v) is 10.5. The van der Waals surface area contributed by atoms with Crippen LogP contribution in [0.2, 0.25) is 5.02 Å². The van der Waals surface area contributed by atoms with Gasteiger partial charge >= 0.3 is 0 Å². The molecule has 0 bridgehead atoms. The maximum atomic E-state index is 13.5. The van der Waals surface area contributed by atoms with Crippen LogP contribution >= 0.6 is 11.6 Å². The Morgan fingerprint density at radius 1 is 1.06 bits per heavy atom. The molecule has 0 saturated carbocycles. The van der Waals surface area contributed by atoms with Crippen molar-refractivity contribution < 1.29 is 18.0 Å². The van der Waals surface area contributed by atoms with E-state index < -0.39 is 28.5 Å². The Bertz CT molecular complexity index is 1070. The fraction of sp³-hybridized carbons (Fsp3) is 0.417. The minimum Gasteiger partial charge on any atom is -0.352 e. The first kappa shape index (κ1) is 26.7. The van der Waals surface area contributed by atoms with E-state index in [1.807, 2.05) is 13.8 Å². The van der Waals surface area contributed by atoms with Gasteiger partial charge in [-0.2, -0.15) is 0 Å². The van der Waals surface area contributed by atoms with E-state index in [0.29, 0.717) is 10.7 Å². The van der Waals surface area contributed by atoms with Crippen LogP contribution in [0, 0.1) is 6.92 Å². The number of amides is 2. The second-order valence-electron chi connectivity index (χ2n) is 8.20. The van der Waals surface area contributed by atoms with Gasteiger partial charge in [0.15, 0.2) is 0 Å². The molecule has 2 aromatic carbocycles. The molecule has 9 heteroatoms. The Balaban J connectivity index is 2.39. The van der Waals surface area contributed by atoms with E-state index >= 15 is 0 Å². The molecule has 2 atom stereocenters. The lowest BCUT2D eigenvalue weighted by atomic mass is 10.1. The molecule has 0 aliphatic rings. The van der Waals surface area contributed by atoms with Crippen molar-refractivity contribution in [2.24, 2.45) is 0 Å². The molecule has 0 spiro atoms. The van der Waals surface area contributed by atoms with Gasteiger partial charge in [-0.15, -0.1) is 0 Å². The number of hydrogen-bond donors (Lipinski definition) is 1. The van der Waals surface area contributed by atoms with E-state index in [0.717, 1.165) is 28.1 Å². The predicted molar refractivity (Wildman–Crippen MR) is 133 cm³/mol. The first-order valence-electron chi connectivity index (χ1n) is 10.8. The number of nitrogens with one attached hydrogen (secondary N) is 1. The minimum atomic E-state index is -3.75. The average Bonchev–Trinajstić information content (AvgIpc) is 2.76. The monoisotopic (exact) mass is 493 g/mol. The smallest absolute Gasteiger partial charge is 0.244 e. The summed E-state index contributed by atoms with van der Waals surface area (Å²) in [6.45, 7) is 6.99. The van der Waals surface area contributed by atoms with Gasteiger partial charge < -0.3 is 10.2 Å². The Labute approximate surface area is 201 Å². The summed E-state index contributed by atoms with van der Waals surface area (Å²) in [6.07, 6.45) is 1.81. The first-order chi connectivity index (χ1) is 15.4. The zero-order valence-electron chi connectivity index (χ0n) is 19.7. The molecule has 2 aromatic rings. The summed E-state index contributed by atoms with van der Waals surface area (Å²) in [5.74, 6) is -0.779. The van der Waals surface area contributed by atoms with E-state index in [-0.39, 0.29) is 18.5 Å². The summed E-state index contributed by atoms with van der Waals surface area (Å²) in [4.78, 5) is 27.7. The standard InChI is InChI=1S/C24H32ClN3O4S/c1-6-18(3)26-24(30)19(4)27(15-20-11-13-21(25)14-12-20)23(29)16-28(33(5,31)32)22-10-8-7-9-17(22)2/h7-14,18-19H,6,15-16H2,1-5H3,(H,26,30)/t18-,19-/m0/s1. The van der Waals surface area contributed by atoms with Gasteiger partial charge in [-0.1, -0.05) is 48.9 Å². The van der Waals surface area contributed by atoms with Crippen LogP contribution in [0.3, 0.4) is 0 Å². The Morgan fingerprint density at radius 3 is 2.21 bits per heavy atom. The van der Waals surface area contributed by atoms with E-state index in [4.69, 9.17) is 11.6 Å². The van der Waals surface area contributed by atoms with Crippen LogP contribution in [0.25, 0.3) is 0 Å². The van der Waals surface area contributed by atoms with Crippen molar-refractivity contribution in [2.45, 2.75) is 52.7 Å². The minimum absolute atomic E-state index is 0.0491. The molecule has 0 aliphatic carbocycles. The van der Waals surface area contributed by atoms with Crippen molar-refractivity contribution in [3.05, 3.63) is 64.7 Å². The van der Waals surface area contributed by atoms with Gasteiger partial charge in [0.2, 0.25) is 21.8 Å². The normalized spacial score (nSPS) is 13.2. The molecule has 0 aromatic heterocycles. The highest BCUT2D eigenvalue weighted by atomic mass is 35.5. The third kappa shape index (κ3) is 7.47. The van der Waals surface area contributed by atoms with Gasteiger partial charge in [0.1, 0.15) is 12.6 Å². The van der Waals surface area contributed by atoms with Gasteiger partial charge in [0, 0.05) is 17.6 Å². The number of carbonyl (C=O) groups excluding carboxylic acids is 2. The molecule has 180 valence electrons. The molecule has 33 heavy (non-hydrogen) atoms. The lowest BCUT2D eigenvalue weighted by Crippen LogP contribution is -2.52.